The van der Waals surface area contributed by atoms with Gasteiger partial charge in [0.2, 0.25) is 5.91 Å². The molecule has 2 heterocycles. The first-order valence-electron chi connectivity index (χ1n) is 7.49. The van der Waals surface area contributed by atoms with Gasteiger partial charge in [0.1, 0.15) is 12.8 Å². The number of nitrogen functional groups attached to an aromatic ring is 1. The number of aromatic nitrogens is 2. The summed E-state index contributed by atoms with van der Waals surface area (Å²) < 4.78 is 1.63. The Bertz CT molecular complexity index is 684. The zero-order valence-corrected chi connectivity index (χ0v) is 12.6. The van der Waals surface area contributed by atoms with Crippen molar-refractivity contribution in [2.45, 2.75) is 19.7 Å². The van der Waals surface area contributed by atoms with Crippen LogP contribution in [-0.4, -0.2) is 63.0 Å². The van der Waals surface area contributed by atoms with Crippen molar-refractivity contribution in [2.75, 3.05) is 31.9 Å². The minimum atomic E-state index is -0.584. The Balaban J connectivity index is 1.68. The lowest BCUT2D eigenvalue weighted by molar-refractivity contribution is -0.140. The molecule has 2 aromatic rings. The number of fused-ring (bicyclic) bond motifs is 1. The van der Waals surface area contributed by atoms with Crippen LogP contribution in [0.25, 0.3) is 10.9 Å². The van der Waals surface area contributed by atoms with Crippen molar-refractivity contribution in [1.29, 1.82) is 0 Å². The lowest BCUT2D eigenvalue weighted by Crippen LogP contribution is -2.55. The van der Waals surface area contributed by atoms with E-state index in [0.29, 0.717) is 25.3 Å². The minimum absolute atomic E-state index is 0.0319. The van der Waals surface area contributed by atoms with E-state index < -0.39 is 6.23 Å². The van der Waals surface area contributed by atoms with Gasteiger partial charge in [0.15, 0.2) is 0 Å². The highest BCUT2D eigenvalue weighted by Gasteiger charge is 2.27. The SMILES string of the molecule is CCN1CCN(C(=O)Cn2cc3cc(N)ccc3n2)CC1O. The molecule has 1 atom stereocenters. The van der Waals surface area contributed by atoms with Crippen molar-refractivity contribution in [3.05, 3.63) is 24.4 Å². The fraction of sp³-hybridized carbons (Fsp3) is 0.467. The van der Waals surface area contributed by atoms with Crippen LogP contribution in [0.4, 0.5) is 5.69 Å². The third kappa shape index (κ3) is 2.90. The van der Waals surface area contributed by atoms with Crippen molar-refractivity contribution in [3.63, 3.8) is 0 Å². The molecule has 22 heavy (non-hydrogen) atoms. The molecule has 1 aliphatic heterocycles. The van der Waals surface area contributed by atoms with Gasteiger partial charge in [-0.2, -0.15) is 5.10 Å². The summed E-state index contributed by atoms with van der Waals surface area (Å²) in [5, 5.41) is 15.3. The molecule has 0 aliphatic carbocycles. The molecule has 3 rings (SSSR count). The lowest BCUT2D eigenvalue weighted by Gasteiger charge is -2.38. The third-order valence-corrected chi connectivity index (χ3v) is 4.09. The van der Waals surface area contributed by atoms with Crippen molar-refractivity contribution < 1.29 is 9.90 Å². The van der Waals surface area contributed by atoms with Gasteiger partial charge in [-0.05, 0) is 24.7 Å². The highest BCUT2D eigenvalue weighted by atomic mass is 16.3. The molecule has 1 aromatic carbocycles. The van der Waals surface area contributed by atoms with E-state index in [1.165, 1.54) is 0 Å². The Morgan fingerprint density at radius 1 is 1.45 bits per heavy atom. The van der Waals surface area contributed by atoms with E-state index in [4.69, 9.17) is 5.73 Å². The molecule has 3 N–H and O–H groups in total. The molecule has 1 amide bonds. The van der Waals surface area contributed by atoms with Crippen LogP contribution in [0.1, 0.15) is 6.92 Å². The monoisotopic (exact) mass is 303 g/mol. The number of hydrogen-bond acceptors (Lipinski definition) is 5. The number of anilines is 1. The van der Waals surface area contributed by atoms with Crippen molar-refractivity contribution in [2.24, 2.45) is 0 Å². The average molecular weight is 303 g/mol. The number of piperazine rings is 1. The molecule has 118 valence electrons. The summed E-state index contributed by atoms with van der Waals surface area (Å²) in [6.07, 6.45) is 1.24. The molecule has 1 fully saturated rings. The first-order chi connectivity index (χ1) is 10.6. The summed E-state index contributed by atoms with van der Waals surface area (Å²) in [4.78, 5) is 16.0. The van der Waals surface area contributed by atoms with Crippen LogP contribution in [0, 0.1) is 0 Å². The fourth-order valence-corrected chi connectivity index (χ4v) is 2.81. The van der Waals surface area contributed by atoms with Gasteiger partial charge in [-0.25, -0.2) is 0 Å². The number of rotatable bonds is 3. The molecular weight excluding hydrogens is 282 g/mol. The highest BCUT2D eigenvalue weighted by molar-refractivity contribution is 5.82. The summed E-state index contributed by atoms with van der Waals surface area (Å²) in [6.45, 7) is 4.64. The number of nitrogens with two attached hydrogens (primary N) is 1. The van der Waals surface area contributed by atoms with Crippen LogP contribution in [-0.2, 0) is 11.3 Å². The second-order valence-corrected chi connectivity index (χ2v) is 5.59. The molecule has 0 spiro atoms. The van der Waals surface area contributed by atoms with Crippen LogP contribution >= 0.6 is 0 Å². The van der Waals surface area contributed by atoms with Crippen LogP contribution in [0.5, 0.6) is 0 Å². The number of benzene rings is 1. The largest absolute Gasteiger partial charge is 0.399 e. The summed E-state index contributed by atoms with van der Waals surface area (Å²) in [5.74, 6) is -0.0319. The van der Waals surface area contributed by atoms with Gasteiger partial charge in [-0.15, -0.1) is 0 Å². The molecule has 0 radical (unpaired) electrons. The number of carbonyl (C=O) groups is 1. The van der Waals surface area contributed by atoms with Gasteiger partial charge in [-0.3, -0.25) is 14.4 Å². The summed E-state index contributed by atoms with van der Waals surface area (Å²) in [7, 11) is 0. The Morgan fingerprint density at radius 3 is 3.00 bits per heavy atom. The van der Waals surface area contributed by atoms with Crippen LogP contribution < -0.4 is 5.73 Å². The summed E-state index contributed by atoms with van der Waals surface area (Å²) in [5.41, 5.74) is 7.24. The fourth-order valence-electron chi connectivity index (χ4n) is 2.81. The Hall–Kier alpha value is -2.12. The van der Waals surface area contributed by atoms with Crippen LogP contribution in [0.3, 0.4) is 0 Å². The van der Waals surface area contributed by atoms with Gasteiger partial charge in [0.05, 0.1) is 12.1 Å². The van der Waals surface area contributed by atoms with Crippen LogP contribution in [0.2, 0.25) is 0 Å². The zero-order valence-electron chi connectivity index (χ0n) is 12.6. The molecule has 1 unspecified atom stereocenters. The molecule has 7 heteroatoms. The maximum Gasteiger partial charge on any atom is 0.244 e. The number of aliphatic hydroxyl groups excluding tert-OH is 1. The first-order valence-corrected chi connectivity index (χ1v) is 7.49. The Labute approximate surface area is 128 Å². The molecule has 1 aromatic heterocycles. The lowest BCUT2D eigenvalue weighted by atomic mass is 10.2. The van der Waals surface area contributed by atoms with E-state index in [1.54, 1.807) is 15.6 Å². The first kappa shape index (κ1) is 14.8. The second kappa shape index (κ2) is 5.94. The van der Waals surface area contributed by atoms with E-state index in [9.17, 15) is 9.90 Å². The van der Waals surface area contributed by atoms with Crippen molar-refractivity contribution >= 4 is 22.5 Å². The second-order valence-electron chi connectivity index (χ2n) is 5.59. The van der Waals surface area contributed by atoms with Crippen LogP contribution in [0.15, 0.2) is 24.4 Å². The Kier molecular flexibility index (Phi) is 4.00. The molecule has 1 saturated heterocycles. The summed E-state index contributed by atoms with van der Waals surface area (Å²) >= 11 is 0. The van der Waals surface area contributed by atoms with Crippen molar-refractivity contribution in [3.8, 4) is 0 Å². The quantitative estimate of drug-likeness (QED) is 0.785. The molecular formula is C15H21N5O2. The average Bonchev–Trinajstić information content (AvgIpc) is 2.88. The number of β-amino-alcohol motifs (C(OH)–C–C–N with tert-alkyl or cyclic N) is 1. The number of nitrogens with zero attached hydrogens (tertiary/aromatic N) is 4. The molecule has 7 nitrogen and oxygen atoms in total. The maximum atomic E-state index is 12.4. The highest BCUT2D eigenvalue weighted by Crippen LogP contribution is 2.16. The van der Waals surface area contributed by atoms with E-state index in [2.05, 4.69) is 5.10 Å². The van der Waals surface area contributed by atoms with E-state index in [-0.39, 0.29) is 12.5 Å². The van der Waals surface area contributed by atoms with Gasteiger partial charge in [-0.1, -0.05) is 6.92 Å². The van der Waals surface area contributed by atoms with Crippen molar-refractivity contribution in [1.82, 2.24) is 19.6 Å². The third-order valence-electron chi connectivity index (χ3n) is 4.09. The van der Waals surface area contributed by atoms with Gasteiger partial charge >= 0.3 is 0 Å². The normalized spacial score (nSPS) is 19.7. The van der Waals surface area contributed by atoms with Gasteiger partial charge in [0.25, 0.3) is 0 Å². The number of carbonyl (C=O) groups excluding carboxylic acids is 1. The number of aliphatic hydroxyl groups is 1. The predicted octanol–water partition coefficient (Wildman–Crippen LogP) is 0.101. The van der Waals surface area contributed by atoms with Gasteiger partial charge < -0.3 is 15.7 Å². The van der Waals surface area contributed by atoms with Gasteiger partial charge in [0, 0.05) is 30.4 Å². The minimum Gasteiger partial charge on any atom is -0.399 e. The Morgan fingerprint density at radius 2 is 2.27 bits per heavy atom. The topological polar surface area (TPSA) is 87.6 Å². The predicted molar refractivity (Wildman–Crippen MR) is 84.0 cm³/mol. The van der Waals surface area contributed by atoms with E-state index in [1.807, 2.05) is 30.2 Å². The standard InChI is InChI=1S/C15H21N5O2/c1-2-18-5-6-19(9-14(18)21)15(22)10-20-8-11-7-12(16)3-4-13(11)17-20/h3-4,7-8,14,21H,2,5-6,9-10,16H2,1H3. The number of hydrogen-bond donors (Lipinski definition) is 2. The maximum absolute atomic E-state index is 12.4. The van der Waals surface area contributed by atoms with E-state index >= 15 is 0 Å². The molecule has 0 saturated carbocycles. The van der Waals surface area contributed by atoms with E-state index in [0.717, 1.165) is 17.4 Å². The smallest absolute Gasteiger partial charge is 0.244 e. The summed E-state index contributed by atoms with van der Waals surface area (Å²) in [6, 6.07) is 5.48. The number of likely N-dealkylation sites (N-methyl/N-ethyl adjacent to an activating group) is 1. The molecule has 1 aliphatic rings. The molecule has 0 bridgehead atoms. The zero-order chi connectivity index (χ0) is 15.7. The number of amides is 1.